The molecular formula is C15H20N+. The van der Waals surface area contributed by atoms with Gasteiger partial charge >= 0.3 is 0 Å². The molecule has 1 aromatic heterocycles. The highest BCUT2D eigenvalue weighted by Gasteiger charge is 2.52. The molecule has 0 radical (unpaired) electrons. The third-order valence-corrected chi connectivity index (χ3v) is 5.26. The van der Waals surface area contributed by atoms with Crippen LogP contribution in [-0.2, 0) is 0 Å². The van der Waals surface area contributed by atoms with E-state index in [9.17, 15) is 0 Å². The second kappa shape index (κ2) is 3.32. The van der Waals surface area contributed by atoms with Crippen molar-refractivity contribution in [1.82, 2.24) is 0 Å². The van der Waals surface area contributed by atoms with Gasteiger partial charge in [-0.3, -0.25) is 0 Å². The van der Waals surface area contributed by atoms with Gasteiger partial charge in [0.2, 0.25) is 0 Å². The molecule has 5 rings (SSSR count). The van der Waals surface area contributed by atoms with Crippen molar-refractivity contribution in [2.24, 2.45) is 23.7 Å². The lowest BCUT2D eigenvalue weighted by Gasteiger charge is -2.51. The first-order chi connectivity index (χ1) is 7.90. The topological polar surface area (TPSA) is 3.88 Å². The van der Waals surface area contributed by atoms with Crippen LogP contribution in [0.4, 0.5) is 0 Å². The second-order valence-corrected chi connectivity index (χ2v) is 6.24. The smallest absolute Gasteiger partial charge is 0.169 e. The number of pyridine rings is 1. The molecule has 4 aliphatic carbocycles. The number of rotatable bonds is 1. The Kier molecular flexibility index (Phi) is 1.91. The van der Waals surface area contributed by atoms with Crippen molar-refractivity contribution in [3.8, 4) is 0 Å². The molecule has 4 aliphatic rings. The molecule has 1 heteroatoms. The van der Waals surface area contributed by atoms with Crippen LogP contribution in [0.3, 0.4) is 0 Å². The van der Waals surface area contributed by atoms with Crippen LogP contribution in [-0.4, -0.2) is 0 Å². The van der Waals surface area contributed by atoms with E-state index in [0.29, 0.717) is 0 Å². The zero-order valence-electron chi connectivity index (χ0n) is 9.76. The van der Waals surface area contributed by atoms with E-state index in [4.69, 9.17) is 0 Å². The Morgan fingerprint density at radius 3 is 1.81 bits per heavy atom. The summed E-state index contributed by atoms with van der Waals surface area (Å²) in [7, 11) is 0. The van der Waals surface area contributed by atoms with Crippen LogP contribution in [0.25, 0.3) is 0 Å². The minimum Gasteiger partial charge on any atom is -0.202 e. The van der Waals surface area contributed by atoms with Gasteiger partial charge in [-0.2, -0.15) is 0 Å². The molecule has 0 unspecified atom stereocenters. The monoisotopic (exact) mass is 214 g/mol. The largest absolute Gasteiger partial charge is 0.202 e. The second-order valence-electron chi connectivity index (χ2n) is 6.24. The Bertz CT molecular complexity index is 356. The number of hydrogen-bond acceptors (Lipinski definition) is 0. The summed E-state index contributed by atoms with van der Waals surface area (Å²) in [5.74, 6) is 4.15. The zero-order valence-corrected chi connectivity index (χ0v) is 9.76. The molecule has 0 aromatic carbocycles. The van der Waals surface area contributed by atoms with Crippen LogP contribution in [0, 0.1) is 23.7 Å². The molecular weight excluding hydrogens is 194 g/mol. The fraction of sp³-hybridized carbons (Fsp3) is 0.667. The average Bonchev–Trinajstić information content (AvgIpc) is 2.29. The van der Waals surface area contributed by atoms with Gasteiger partial charge < -0.3 is 0 Å². The molecule has 16 heavy (non-hydrogen) atoms. The summed E-state index contributed by atoms with van der Waals surface area (Å²) in [5, 5.41) is 0. The highest BCUT2D eigenvalue weighted by molar-refractivity contribution is 4.97. The Balaban J connectivity index is 1.70. The third kappa shape index (κ3) is 1.27. The SMILES string of the molecule is c1cc[n+](C2C3CC4CC(C3)CC2C4)cc1. The minimum absolute atomic E-state index is 0.828. The van der Waals surface area contributed by atoms with Gasteiger partial charge in [0.1, 0.15) is 0 Å². The van der Waals surface area contributed by atoms with Crippen LogP contribution in [0.5, 0.6) is 0 Å². The zero-order chi connectivity index (χ0) is 10.5. The summed E-state index contributed by atoms with van der Waals surface area (Å²) < 4.78 is 2.51. The predicted octanol–water partition coefficient (Wildman–Crippen LogP) is 2.97. The molecule has 0 spiro atoms. The van der Waals surface area contributed by atoms with Crippen LogP contribution in [0.1, 0.15) is 38.1 Å². The maximum Gasteiger partial charge on any atom is 0.169 e. The first kappa shape index (κ1) is 9.21. The van der Waals surface area contributed by atoms with E-state index in [1.807, 2.05) is 0 Å². The van der Waals surface area contributed by atoms with Crippen molar-refractivity contribution in [3.05, 3.63) is 30.6 Å². The number of aromatic nitrogens is 1. The van der Waals surface area contributed by atoms with Crippen molar-refractivity contribution in [2.45, 2.75) is 38.1 Å². The van der Waals surface area contributed by atoms with E-state index < -0.39 is 0 Å². The molecule has 4 bridgehead atoms. The van der Waals surface area contributed by atoms with Gasteiger partial charge in [-0.25, -0.2) is 4.57 Å². The Labute approximate surface area is 97.5 Å². The first-order valence-electron chi connectivity index (χ1n) is 6.86. The fourth-order valence-electron chi connectivity index (χ4n) is 4.99. The summed E-state index contributed by atoms with van der Waals surface area (Å²) >= 11 is 0. The summed E-state index contributed by atoms with van der Waals surface area (Å²) in [6.07, 6.45) is 12.2. The quantitative estimate of drug-likeness (QED) is 0.633. The summed E-state index contributed by atoms with van der Waals surface area (Å²) in [6, 6.07) is 7.33. The summed E-state index contributed by atoms with van der Waals surface area (Å²) in [5.41, 5.74) is 0. The number of nitrogens with zero attached hydrogens (tertiary/aromatic N) is 1. The molecule has 0 saturated heterocycles. The highest BCUT2D eigenvalue weighted by Crippen LogP contribution is 2.56. The van der Waals surface area contributed by atoms with E-state index in [1.54, 1.807) is 6.42 Å². The van der Waals surface area contributed by atoms with Gasteiger partial charge in [-0.1, -0.05) is 6.07 Å². The van der Waals surface area contributed by atoms with E-state index in [2.05, 4.69) is 35.2 Å². The van der Waals surface area contributed by atoms with Crippen molar-refractivity contribution < 1.29 is 4.57 Å². The van der Waals surface area contributed by atoms with Crippen LogP contribution < -0.4 is 4.57 Å². The van der Waals surface area contributed by atoms with Crippen molar-refractivity contribution >= 4 is 0 Å². The van der Waals surface area contributed by atoms with E-state index >= 15 is 0 Å². The molecule has 0 atom stereocenters. The first-order valence-corrected chi connectivity index (χ1v) is 6.86. The molecule has 0 amide bonds. The third-order valence-electron chi connectivity index (χ3n) is 5.26. The van der Waals surface area contributed by atoms with E-state index in [0.717, 1.165) is 29.7 Å². The lowest BCUT2D eigenvalue weighted by Crippen LogP contribution is -2.55. The summed E-state index contributed by atoms with van der Waals surface area (Å²) in [4.78, 5) is 0. The Morgan fingerprint density at radius 2 is 1.25 bits per heavy atom. The van der Waals surface area contributed by atoms with Gasteiger partial charge in [-0.05, 0) is 43.9 Å². The van der Waals surface area contributed by atoms with Gasteiger partial charge in [0.05, 0.1) is 0 Å². The normalized spacial score (nSPS) is 44.9. The molecule has 4 saturated carbocycles. The Morgan fingerprint density at radius 1 is 0.688 bits per heavy atom. The van der Waals surface area contributed by atoms with Crippen molar-refractivity contribution in [1.29, 1.82) is 0 Å². The molecule has 1 nitrogen and oxygen atoms in total. The average molecular weight is 214 g/mol. The highest BCUT2D eigenvalue weighted by atomic mass is 15.0. The molecule has 84 valence electrons. The maximum atomic E-state index is 2.51. The predicted molar refractivity (Wildman–Crippen MR) is 62.7 cm³/mol. The van der Waals surface area contributed by atoms with Gasteiger partial charge in [0.15, 0.2) is 18.4 Å². The van der Waals surface area contributed by atoms with Crippen LogP contribution >= 0.6 is 0 Å². The molecule has 0 aliphatic heterocycles. The standard InChI is InChI=1S/C15H20N/c1-2-4-16(5-3-1)15-13-7-11-6-12(9-13)10-14(15)8-11/h1-5,11-15H,6-10H2/q+1. The van der Waals surface area contributed by atoms with Gasteiger partial charge in [0.25, 0.3) is 0 Å². The summed E-state index contributed by atoms with van der Waals surface area (Å²) in [6.45, 7) is 0. The van der Waals surface area contributed by atoms with Crippen LogP contribution in [0.2, 0.25) is 0 Å². The molecule has 1 aromatic rings. The van der Waals surface area contributed by atoms with Gasteiger partial charge in [-0.15, -0.1) is 0 Å². The minimum atomic E-state index is 0.828. The van der Waals surface area contributed by atoms with E-state index in [1.165, 1.54) is 25.7 Å². The lowest BCUT2D eigenvalue weighted by atomic mass is 9.54. The Hall–Kier alpha value is -0.850. The van der Waals surface area contributed by atoms with Crippen LogP contribution in [0.15, 0.2) is 30.6 Å². The van der Waals surface area contributed by atoms with Gasteiger partial charge in [0, 0.05) is 24.0 Å². The van der Waals surface area contributed by atoms with E-state index in [-0.39, 0.29) is 0 Å². The molecule has 4 fully saturated rings. The number of hydrogen-bond donors (Lipinski definition) is 0. The lowest BCUT2D eigenvalue weighted by molar-refractivity contribution is -0.743. The van der Waals surface area contributed by atoms with Crippen molar-refractivity contribution in [2.75, 3.05) is 0 Å². The molecule has 0 N–H and O–H groups in total. The maximum absolute atomic E-state index is 2.51. The fourth-order valence-corrected chi connectivity index (χ4v) is 4.99. The molecule has 1 heterocycles. The van der Waals surface area contributed by atoms with Crippen molar-refractivity contribution in [3.63, 3.8) is 0 Å².